The van der Waals surface area contributed by atoms with E-state index in [2.05, 4.69) is 24.3 Å². The average molecular weight is 285 g/mol. The van der Waals surface area contributed by atoms with Crippen molar-refractivity contribution < 1.29 is 4.79 Å². The number of carbonyl (C=O) groups excluding carboxylic acids is 1. The van der Waals surface area contributed by atoms with E-state index in [1.54, 1.807) is 0 Å². The molecule has 0 atom stereocenters. The molecule has 2 heteroatoms. The third-order valence-electron chi connectivity index (χ3n) is 4.12. The van der Waals surface area contributed by atoms with E-state index in [-0.39, 0.29) is 5.78 Å². The molecule has 0 spiro atoms. The lowest BCUT2D eigenvalue weighted by Crippen LogP contribution is -2.06. The Hall–Kier alpha value is -2.87. The van der Waals surface area contributed by atoms with E-state index < -0.39 is 0 Å². The van der Waals surface area contributed by atoms with Gasteiger partial charge in [-0.25, -0.2) is 0 Å². The molecule has 22 heavy (non-hydrogen) atoms. The van der Waals surface area contributed by atoms with Gasteiger partial charge in [-0.05, 0) is 30.0 Å². The summed E-state index contributed by atoms with van der Waals surface area (Å²) < 4.78 is 2.01. The van der Waals surface area contributed by atoms with Crippen molar-refractivity contribution in [3.05, 3.63) is 89.7 Å². The summed E-state index contributed by atoms with van der Waals surface area (Å²) in [5, 5.41) is 2.35. The number of hydrogen-bond acceptors (Lipinski definition) is 1. The van der Waals surface area contributed by atoms with Crippen molar-refractivity contribution >= 4 is 22.1 Å². The highest BCUT2D eigenvalue weighted by atomic mass is 16.1. The Kier molecular flexibility index (Phi) is 2.83. The molecule has 0 N–H and O–H groups in total. The van der Waals surface area contributed by atoms with Crippen molar-refractivity contribution in [3.63, 3.8) is 0 Å². The standard InChI is InChI=1S/C20H15NO/c1-14-13-18-17-10-6-5-7-15(17)11-12-21(18)19(14)20(22)16-8-3-2-4-9-16/h2-13H,1H3. The summed E-state index contributed by atoms with van der Waals surface area (Å²) in [6.45, 7) is 2.00. The topological polar surface area (TPSA) is 21.5 Å². The smallest absolute Gasteiger partial charge is 0.210 e. The first-order chi connectivity index (χ1) is 10.8. The van der Waals surface area contributed by atoms with Gasteiger partial charge in [-0.3, -0.25) is 4.79 Å². The summed E-state index contributed by atoms with van der Waals surface area (Å²) in [5.74, 6) is 0.0633. The van der Waals surface area contributed by atoms with E-state index in [9.17, 15) is 4.79 Å². The molecular formula is C20H15NO. The molecule has 2 heterocycles. The molecule has 0 aliphatic heterocycles. The quantitative estimate of drug-likeness (QED) is 0.492. The number of pyridine rings is 1. The van der Waals surface area contributed by atoms with Crippen LogP contribution in [0.25, 0.3) is 16.3 Å². The zero-order chi connectivity index (χ0) is 15.1. The number of fused-ring (bicyclic) bond motifs is 3. The Morgan fingerprint density at radius 1 is 0.909 bits per heavy atom. The molecule has 4 aromatic rings. The second-order valence-corrected chi connectivity index (χ2v) is 5.53. The number of aryl methyl sites for hydroxylation is 1. The molecule has 4 rings (SSSR count). The molecule has 0 unspecified atom stereocenters. The maximum Gasteiger partial charge on any atom is 0.210 e. The first-order valence-electron chi connectivity index (χ1n) is 7.35. The number of aromatic nitrogens is 1. The highest BCUT2D eigenvalue weighted by molar-refractivity contribution is 6.11. The van der Waals surface area contributed by atoms with Crippen LogP contribution >= 0.6 is 0 Å². The van der Waals surface area contributed by atoms with Gasteiger partial charge in [0.2, 0.25) is 5.78 Å². The second-order valence-electron chi connectivity index (χ2n) is 5.53. The van der Waals surface area contributed by atoms with Crippen LogP contribution in [-0.4, -0.2) is 10.2 Å². The Morgan fingerprint density at radius 3 is 2.45 bits per heavy atom. The maximum atomic E-state index is 12.9. The van der Waals surface area contributed by atoms with E-state index >= 15 is 0 Å². The van der Waals surface area contributed by atoms with Gasteiger partial charge < -0.3 is 4.40 Å². The van der Waals surface area contributed by atoms with Gasteiger partial charge in [-0.2, -0.15) is 0 Å². The monoisotopic (exact) mass is 285 g/mol. The predicted octanol–water partition coefficient (Wildman–Crippen LogP) is 4.63. The highest BCUT2D eigenvalue weighted by Crippen LogP contribution is 2.26. The number of benzene rings is 2. The Labute approximate surface area is 128 Å². The maximum absolute atomic E-state index is 12.9. The lowest BCUT2D eigenvalue weighted by atomic mass is 10.1. The molecule has 2 nitrogen and oxygen atoms in total. The van der Waals surface area contributed by atoms with Crippen molar-refractivity contribution in [1.82, 2.24) is 4.40 Å². The fourth-order valence-corrected chi connectivity index (χ4v) is 3.06. The van der Waals surface area contributed by atoms with Crippen LogP contribution in [0.3, 0.4) is 0 Å². The minimum atomic E-state index is 0.0633. The van der Waals surface area contributed by atoms with Gasteiger partial charge in [0.1, 0.15) is 0 Å². The van der Waals surface area contributed by atoms with Gasteiger partial charge in [-0.15, -0.1) is 0 Å². The lowest BCUT2D eigenvalue weighted by molar-refractivity contribution is 0.103. The summed E-state index contributed by atoms with van der Waals surface area (Å²) in [5.41, 5.74) is 3.55. The van der Waals surface area contributed by atoms with Crippen LogP contribution in [-0.2, 0) is 0 Å². The molecule has 0 aliphatic carbocycles. The highest BCUT2D eigenvalue weighted by Gasteiger charge is 2.17. The van der Waals surface area contributed by atoms with E-state index in [1.165, 1.54) is 10.8 Å². The van der Waals surface area contributed by atoms with Gasteiger partial charge in [0.25, 0.3) is 0 Å². The number of carbonyl (C=O) groups is 1. The van der Waals surface area contributed by atoms with Crippen LogP contribution < -0.4 is 0 Å². The SMILES string of the molecule is Cc1cc2c3ccccc3ccn2c1C(=O)c1ccccc1. The Bertz CT molecular complexity index is 996. The minimum absolute atomic E-state index is 0.0633. The van der Waals surface area contributed by atoms with Crippen molar-refractivity contribution in [2.45, 2.75) is 6.92 Å². The van der Waals surface area contributed by atoms with Gasteiger partial charge in [0, 0.05) is 17.1 Å². The molecule has 0 saturated carbocycles. The van der Waals surface area contributed by atoms with Crippen LogP contribution in [0.1, 0.15) is 21.6 Å². The predicted molar refractivity (Wildman–Crippen MR) is 89.5 cm³/mol. The Morgan fingerprint density at radius 2 is 1.64 bits per heavy atom. The van der Waals surface area contributed by atoms with E-state index in [1.807, 2.05) is 60.0 Å². The lowest BCUT2D eigenvalue weighted by Gasteiger charge is -2.06. The van der Waals surface area contributed by atoms with Crippen molar-refractivity contribution in [1.29, 1.82) is 0 Å². The van der Waals surface area contributed by atoms with Crippen LogP contribution in [0, 0.1) is 6.92 Å². The van der Waals surface area contributed by atoms with E-state index in [4.69, 9.17) is 0 Å². The average Bonchev–Trinajstić information content (AvgIpc) is 2.91. The van der Waals surface area contributed by atoms with Crippen molar-refractivity contribution in [3.8, 4) is 0 Å². The molecule has 0 amide bonds. The normalized spacial score (nSPS) is 11.1. The summed E-state index contributed by atoms with van der Waals surface area (Å²) in [6, 6.07) is 21.9. The van der Waals surface area contributed by atoms with Crippen molar-refractivity contribution in [2.75, 3.05) is 0 Å². The molecule has 0 saturated heterocycles. The van der Waals surface area contributed by atoms with Crippen LogP contribution in [0.5, 0.6) is 0 Å². The fraction of sp³-hybridized carbons (Fsp3) is 0.0500. The fourth-order valence-electron chi connectivity index (χ4n) is 3.06. The summed E-state index contributed by atoms with van der Waals surface area (Å²) in [4.78, 5) is 12.9. The molecular weight excluding hydrogens is 270 g/mol. The third kappa shape index (κ3) is 1.85. The Balaban J connectivity index is 2.01. The molecule has 0 bridgehead atoms. The van der Waals surface area contributed by atoms with Crippen molar-refractivity contribution in [2.24, 2.45) is 0 Å². The van der Waals surface area contributed by atoms with E-state index in [0.717, 1.165) is 22.3 Å². The molecule has 2 aromatic heterocycles. The zero-order valence-electron chi connectivity index (χ0n) is 12.3. The van der Waals surface area contributed by atoms with Crippen LogP contribution in [0.15, 0.2) is 72.9 Å². The molecule has 106 valence electrons. The molecule has 0 fully saturated rings. The van der Waals surface area contributed by atoms with Crippen LogP contribution in [0.4, 0.5) is 0 Å². The molecule has 2 aromatic carbocycles. The third-order valence-corrected chi connectivity index (χ3v) is 4.12. The summed E-state index contributed by atoms with van der Waals surface area (Å²) in [6.07, 6.45) is 1.99. The molecule has 0 aliphatic rings. The summed E-state index contributed by atoms with van der Waals surface area (Å²) >= 11 is 0. The first-order valence-corrected chi connectivity index (χ1v) is 7.35. The van der Waals surface area contributed by atoms with Gasteiger partial charge in [0.15, 0.2) is 0 Å². The number of ketones is 1. The number of hydrogen-bond donors (Lipinski definition) is 0. The van der Waals surface area contributed by atoms with Gasteiger partial charge >= 0.3 is 0 Å². The van der Waals surface area contributed by atoms with E-state index in [0.29, 0.717) is 0 Å². The summed E-state index contributed by atoms with van der Waals surface area (Å²) in [7, 11) is 0. The zero-order valence-corrected chi connectivity index (χ0v) is 12.3. The molecule has 0 radical (unpaired) electrons. The number of rotatable bonds is 2. The van der Waals surface area contributed by atoms with Gasteiger partial charge in [-0.1, -0.05) is 54.6 Å². The van der Waals surface area contributed by atoms with Crippen LogP contribution in [0.2, 0.25) is 0 Å². The minimum Gasteiger partial charge on any atom is -0.313 e. The largest absolute Gasteiger partial charge is 0.313 e. The first kappa shape index (κ1) is 12.8. The second kappa shape index (κ2) is 4.85. The number of nitrogens with zero attached hydrogens (tertiary/aromatic N) is 1. The van der Waals surface area contributed by atoms with Gasteiger partial charge in [0.05, 0.1) is 11.2 Å².